The molecule has 1 rings (SSSR count). The molecule has 84 valence electrons. The maximum absolute atomic E-state index is 11.7. The minimum absolute atomic E-state index is 0.147. The zero-order valence-corrected chi connectivity index (χ0v) is 10.0. The highest BCUT2D eigenvalue weighted by atomic mass is 16.1. The number of ketones is 1. The molecule has 1 aromatic heterocycles. The van der Waals surface area contributed by atoms with Gasteiger partial charge in [-0.15, -0.1) is 0 Å². The van der Waals surface area contributed by atoms with Gasteiger partial charge < -0.3 is 0 Å². The number of rotatable bonds is 5. The van der Waals surface area contributed by atoms with E-state index in [1.54, 1.807) is 0 Å². The van der Waals surface area contributed by atoms with Crippen LogP contribution in [-0.4, -0.2) is 15.6 Å². The Hall–Kier alpha value is -1.12. The summed E-state index contributed by atoms with van der Waals surface area (Å²) >= 11 is 0. The van der Waals surface area contributed by atoms with E-state index in [4.69, 9.17) is 0 Å². The average molecular weight is 208 g/mol. The van der Waals surface area contributed by atoms with Gasteiger partial charge in [0.05, 0.1) is 12.1 Å². The van der Waals surface area contributed by atoms with Crippen LogP contribution >= 0.6 is 0 Å². The summed E-state index contributed by atoms with van der Waals surface area (Å²) in [5.41, 5.74) is 0.883. The first kappa shape index (κ1) is 12.0. The van der Waals surface area contributed by atoms with Crippen molar-refractivity contribution in [3.8, 4) is 0 Å². The van der Waals surface area contributed by atoms with Crippen LogP contribution in [0.4, 0.5) is 0 Å². The van der Waals surface area contributed by atoms with E-state index < -0.39 is 0 Å². The van der Waals surface area contributed by atoms with Gasteiger partial charge >= 0.3 is 0 Å². The van der Waals surface area contributed by atoms with E-state index in [1.165, 1.54) is 0 Å². The van der Waals surface area contributed by atoms with Crippen molar-refractivity contribution in [2.75, 3.05) is 0 Å². The van der Waals surface area contributed by atoms with Crippen LogP contribution in [0, 0.1) is 5.92 Å². The van der Waals surface area contributed by atoms with Crippen LogP contribution in [0.3, 0.4) is 0 Å². The third kappa shape index (κ3) is 3.18. The third-order valence-electron chi connectivity index (χ3n) is 2.71. The van der Waals surface area contributed by atoms with Gasteiger partial charge in [0.25, 0.3) is 0 Å². The van der Waals surface area contributed by atoms with Crippen molar-refractivity contribution >= 4 is 5.78 Å². The monoisotopic (exact) mass is 208 g/mol. The van der Waals surface area contributed by atoms with Crippen LogP contribution in [0.2, 0.25) is 0 Å². The summed E-state index contributed by atoms with van der Waals surface area (Å²) in [5, 5.41) is 4.36. The minimum Gasteiger partial charge on any atom is -0.299 e. The van der Waals surface area contributed by atoms with Crippen LogP contribution in [0.1, 0.15) is 45.9 Å². The van der Waals surface area contributed by atoms with Crippen molar-refractivity contribution in [3.63, 3.8) is 0 Å². The van der Waals surface area contributed by atoms with Crippen molar-refractivity contribution in [2.45, 2.75) is 46.6 Å². The Labute approximate surface area is 91.5 Å². The van der Waals surface area contributed by atoms with Gasteiger partial charge in [0, 0.05) is 18.2 Å². The second kappa shape index (κ2) is 5.10. The van der Waals surface area contributed by atoms with Crippen molar-refractivity contribution < 1.29 is 4.79 Å². The van der Waals surface area contributed by atoms with E-state index in [0.717, 1.165) is 12.1 Å². The maximum atomic E-state index is 11.7. The van der Waals surface area contributed by atoms with Gasteiger partial charge in [0.2, 0.25) is 0 Å². The number of carbonyl (C=O) groups is 1. The SMILES string of the molecule is CCC(C)C(=O)Cc1ccn(C(C)C)n1. The van der Waals surface area contributed by atoms with Crippen LogP contribution in [0.5, 0.6) is 0 Å². The molecule has 0 saturated carbocycles. The van der Waals surface area contributed by atoms with E-state index in [1.807, 2.05) is 30.8 Å². The zero-order valence-electron chi connectivity index (χ0n) is 10.0. The Bertz CT molecular complexity index is 328. The molecule has 0 spiro atoms. The van der Waals surface area contributed by atoms with Crippen LogP contribution in [0.25, 0.3) is 0 Å². The number of aromatic nitrogens is 2. The first-order chi connectivity index (χ1) is 7.04. The van der Waals surface area contributed by atoms with Crippen molar-refractivity contribution in [2.24, 2.45) is 5.92 Å². The topological polar surface area (TPSA) is 34.9 Å². The van der Waals surface area contributed by atoms with Gasteiger partial charge in [-0.05, 0) is 26.3 Å². The summed E-state index contributed by atoms with van der Waals surface area (Å²) in [6.07, 6.45) is 3.31. The molecule has 1 aromatic rings. The van der Waals surface area contributed by atoms with E-state index in [2.05, 4.69) is 18.9 Å². The molecule has 1 atom stereocenters. The first-order valence-electron chi connectivity index (χ1n) is 5.61. The minimum atomic E-state index is 0.147. The van der Waals surface area contributed by atoms with E-state index in [0.29, 0.717) is 12.5 Å². The molecule has 0 N–H and O–H groups in total. The molecule has 15 heavy (non-hydrogen) atoms. The normalized spacial score (nSPS) is 13.1. The molecule has 1 unspecified atom stereocenters. The van der Waals surface area contributed by atoms with Crippen molar-refractivity contribution in [1.82, 2.24) is 9.78 Å². The highest BCUT2D eigenvalue weighted by Gasteiger charge is 2.13. The molecule has 0 aromatic carbocycles. The predicted octanol–water partition coefficient (Wildman–Crippen LogP) is 2.62. The Morgan fingerprint density at radius 2 is 2.13 bits per heavy atom. The fraction of sp³-hybridized carbons (Fsp3) is 0.667. The predicted molar refractivity (Wildman–Crippen MR) is 60.8 cm³/mol. The quantitative estimate of drug-likeness (QED) is 0.745. The summed E-state index contributed by atoms with van der Waals surface area (Å²) in [6.45, 7) is 8.16. The number of hydrogen-bond donors (Lipinski definition) is 0. The Kier molecular flexibility index (Phi) is 4.06. The average Bonchev–Trinajstić information content (AvgIpc) is 2.65. The van der Waals surface area contributed by atoms with Gasteiger partial charge in [-0.1, -0.05) is 13.8 Å². The molecule has 0 amide bonds. The highest BCUT2D eigenvalue weighted by Crippen LogP contribution is 2.09. The summed E-state index contributed by atoms with van der Waals surface area (Å²) in [4.78, 5) is 11.7. The number of nitrogens with zero attached hydrogens (tertiary/aromatic N) is 2. The van der Waals surface area contributed by atoms with Crippen LogP contribution < -0.4 is 0 Å². The highest BCUT2D eigenvalue weighted by molar-refractivity contribution is 5.82. The summed E-state index contributed by atoms with van der Waals surface area (Å²) in [5.74, 6) is 0.431. The Morgan fingerprint density at radius 3 is 2.60 bits per heavy atom. The Balaban J connectivity index is 2.61. The van der Waals surface area contributed by atoms with Gasteiger partial charge in [-0.25, -0.2) is 0 Å². The van der Waals surface area contributed by atoms with E-state index in [-0.39, 0.29) is 11.7 Å². The van der Waals surface area contributed by atoms with Crippen LogP contribution in [0.15, 0.2) is 12.3 Å². The molecule has 0 radical (unpaired) electrons. The van der Waals surface area contributed by atoms with E-state index in [9.17, 15) is 4.79 Å². The van der Waals surface area contributed by atoms with Gasteiger partial charge in [-0.3, -0.25) is 9.48 Å². The van der Waals surface area contributed by atoms with Gasteiger partial charge in [0.1, 0.15) is 5.78 Å². The van der Waals surface area contributed by atoms with Crippen molar-refractivity contribution in [3.05, 3.63) is 18.0 Å². The molecule has 1 heterocycles. The number of hydrogen-bond acceptors (Lipinski definition) is 2. The second-order valence-electron chi connectivity index (χ2n) is 4.33. The zero-order chi connectivity index (χ0) is 11.4. The lowest BCUT2D eigenvalue weighted by Crippen LogP contribution is -2.13. The Morgan fingerprint density at radius 1 is 1.47 bits per heavy atom. The largest absolute Gasteiger partial charge is 0.299 e. The lowest BCUT2D eigenvalue weighted by molar-refractivity contribution is -0.121. The molecule has 0 fully saturated rings. The molecular formula is C12H20N2O. The van der Waals surface area contributed by atoms with Gasteiger partial charge in [0.15, 0.2) is 0 Å². The first-order valence-corrected chi connectivity index (χ1v) is 5.61. The fourth-order valence-corrected chi connectivity index (χ4v) is 1.34. The van der Waals surface area contributed by atoms with Crippen molar-refractivity contribution in [1.29, 1.82) is 0 Å². The molecule has 0 aliphatic heterocycles. The summed E-state index contributed by atoms with van der Waals surface area (Å²) < 4.78 is 1.89. The molecule has 0 aliphatic rings. The maximum Gasteiger partial charge on any atom is 0.141 e. The van der Waals surface area contributed by atoms with E-state index >= 15 is 0 Å². The number of carbonyl (C=O) groups excluding carboxylic acids is 1. The summed E-state index contributed by atoms with van der Waals surface area (Å²) in [7, 11) is 0. The third-order valence-corrected chi connectivity index (χ3v) is 2.71. The smallest absolute Gasteiger partial charge is 0.141 e. The lowest BCUT2D eigenvalue weighted by Gasteiger charge is -2.06. The van der Waals surface area contributed by atoms with Crippen LogP contribution in [-0.2, 0) is 11.2 Å². The molecular weight excluding hydrogens is 188 g/mol. The summed E-state index contributed by atoms with van der Waals surface area (Å²) in [6, 6.07) is 2.29. The molecule has 3 nitrogen and oxygen atoms in total. The van der Waals surface area contributed by atoms with Gasteiger partial charge in [-0.2, -0.15) is 5.10 Å². The second-order valence-corrected chi connectivity index (χ2v) is 4.33. The fourth-order valence-electron chi connectivity index (χ4n) is 1.34. The molecule has 0 bridgehead atoms. The molecule has 3 heteroatoms. The molecule has 0 saturated heterocycles. The number of Topliss-reactive ketones (excluding diaryl/α,β-unsaturated/α-hetero) is 1. The standard InChI is InChI=1S/C12H20N2O/c1-5-10(4)12(15)8-11-6-7-14(13-11)9(2)3/h6-7,9-10H,5,8H2,1-4H3. The molecule has 0 aliphatic carbocycles. The lowest BCUT2D eigenvalue weighted by atomic mass is 10.0.